The number of rotatable bonds is 2. The lowest BCUT2D eigenvalue weighted by atomic mass is 10.3. The number of hydrogen-bond acceptors (Lipinski definition) is 4. The SMILES string of the molecule is O=C(O)c1ccc2nc(-c3cccnc3)nn2c1. The van der Waals surface area contributed by atoms with Gasteiger partial charge in [0.2, 0.25) is 0 Å². The minimum Gasteiger partial charge on any atom is -0.478 e. The van der Waals surface area contributed by atoms with Crippen molar-refractivity contribution in [2.45, 2.75) is 0 Å². The Kier molecular flexibility index (Phi) is 2.26. The van der Waals surface area contributed by atoms with Crippen molar-refractivity contribution in [1.29, 1.82) is 0 Å². The summed E-state index contributed by atoms with van der Waals surface area (Å²) < 4.78 is 1.45. The molecule has 3 heterocycles. The number of nitrogens with zero attached hydrogens (tertiary/aromatic N) is 4. The molecule has 6 nitrogen and oxygen atoms in total. The molecule has 0 unspecified atom stereocenters. The van der Waals surface area contributed by atoms with Crippen LogP contribution in [-0.2, 0) is 0 Å². The average molecular weight is 240 g/mol. The largest absolute Gasteiger partial charge is 0.478 e. The smallest absolute Gasteiger partial charge is 0.337 e. The highest BCUT2D eigenvalue weighted by atomic mass is 16.4. The lowest BCUT2D eigenvalue weighted by molar-refractivity contribution is 0.0696. The van der Waals surface area contributed by atoms with Crippen LogP contribution < -0.4 is 0 Å². The number of hydrogen-bond donors (Lipinski definition) is 1. The third kappa shape index (κ3) is 1.69. The normalized spacial score (nSPS) is 10.7. The molecule has 0 saturated carbocycles. The molecule has 0 aromatic carbocycles. The summed E-state index contributed by atoms with van der Waals surface area (Å²) in [7, 11) is 0. The maximum atomic E-state index is 10.8. The van der Waals surface area contributed by atoms with Crippen molar-refractivity contribution in [3.63, 3.8) is 0 Å². The maximum Gasteiger partial charge on any atom is 0.337 e. The molecule has 1 N–H and O–H groups in total. The molecule has 3 aromatic rings. The van der Waals surface area contributed by atoms with E-state index in [1.165, 1.54) is 16.8 Å². The van der Waals surface area contributed by atoms with Crippen LogP contribution in [0.5, 0.6) is 0 Å². The first-order valence-corrected chi connectivity index (χ1v) is 5.24. The topological polar surface area (TPSA) is 80.4 Å². The van der Waals surface area contributed by atoms with Crippen molar-refractivity contribution in [3.8, 4) is 11.4 Å². The molecule has 0 fully saturated rings. The first kappa shape index (κ1) is 10.4. The molecule has 0 atom stereocenters. The van der Waals surface area contributed by atoms with Crippen LogP contribution in [-0.4, -0.2) is 30.7 Å². The summed E-state index contributed by atoms with van der Waals surface area (Å²) in [6.07, 6.45) is 4.76. The van der Waals surface area contributed by atoms with Crippen molar-refractivity contribution in [2.24, 2.45) is 0 Å². The summed E-state index contributed by atoms with van der Waals surface area (Å²) >= 11 is 0. The quantitative estimate of drug-likeness (QED) is 0.734. The fraction of sp³-hybridized carbons (Fsp3) is 0. The molecule has 0 amide bonds. The predicted molar refractivity (Wildman–Crippen MR) is 63.2 cm³/mol. The molecule has 0 bridgehead atoms. The zero-order valence-electron chi connectivity index (χ0n) is 9.19. The molecule has 18 heavy (non-hydrogen) atoms. The zero-order valence-corrected chi connectivity index (χ0v) is 9.19. The minimum atomic E-state index is -0.990. The number of aromatic nitrogens is 4. The van der Waals surface area contributed by atoms with E-state index in [0.29, 0.717) is 11.5 Å². The lowest BCUT2D eigenvalue weighted by Gasteiger charge is -1.93. The second-order valence-electron chi connectivity index (χ2n) is 3.70. The fourth-order valence-corrected chi connectivity index (χ4v) is 1.63. The Morgan fingerprint density at radius 1 is 1.28 bits per heavy atom. The van der Waals surface area contributed by atoms with Crippen molar-refractivity contribution in [1.82, 2.24) is 19.6 Å². The number of pyridine rings is 2. The van der Waals surface area contributed by atoms with Crippen LogP contribution in [0.4, 0.5) is 0 Å². The van der Waals surface area contributed by atoms with Crippen LogP contribution in [0, 0.1) is 0 Å². The van der Waals surface area contributed by atoms with E-state index in [-0.39, 0.29) is 5.56 Å². The minimum absolute atomic E-state index is 0.171. The Balaban J connectivity index is 2.14. The summed E-state index contributed by atoms with van der Waals surface area (Å²) in [6, 6.07) is 6.76. The van der Waals surface area contributed by atoms with Crippen molar-refractivity contribution < 1.29 is 9.90 Å². The molecule has 6 heteroatoms. The van der Waals surface area contributed by atoms with Gasteiger partial charge in [-0.25, -0.2) is 14.3 Å². The van der Waals surface area contributed by atoms with Crippen LogP contribution >= 0.6 is 0 Å². The third-order valence-electron chi connectivity index (χ3n) is 2.50. The van der Waals surface area contributed by atoms with Crippen molar-refractivity contribution >= 4 is 11.6 Å². The monoisotopic (exact) mass is 240 g/mol. The molecule has 0 saturated heterocycles. The van der Waals surface area contributed by atoms with Gasteiger partial charge < -0.3 is 5.11 Å². The third-order valence-corrected chi connectivity index (χ3v) is 2.50. The van der Waals surface area contributed by atoms with Gasteiger partial charge in [-0.3, -0.25) is 4.98 Å². The van der Waals surface area contributed by atoms with Gasteiger partial charge in [0, 0.05) is 24.2 Å². The first-order chi connectivity index (χ1) is 8.74. The van der Waals surface area contributed by atoms with E-state index in [1.54, 1.807) is 24.5 Å². The molecule has 0 spiro atoms. The second kappa shape index (κ2) is 3.92. The Hall–Kier alpha value is -2.76. The van der Waals surface area contributed by atoms with E-state index in [4.69, 9.17) is 5.11 Å². The highest BCUT2D eigenvalue weighted by Gasteiger charge is 2.09. The van der Waals surface area contributed by atoms with E-state index in [9.17, 15) is 4.79 Å². The van der Waals surface area contributed by atoms with Crippen LogP contribution in [0.2, 0.25) is 0 Å². The van der Waals surface area contributed by atoms with Gasteiger partial charge in [0.1, 0.15) is 0 Å². The van der Waals surface area contributed by atoms with Crippen LogP contribution in [0.1, 0.15) is 10.4 Å². The van der Waals surface area contributed by atoms with E-state index in [2.05, 4.69) is 15.1 Å². The van der Waals surface area contributed by atoms with Crippen LogP contribution in [0.25, 0.3) is 17.0 Å². The Bertz CT molecular complexity index is 721. The zero-order chi connectivity index (χ0) is 12.5. The summed E-state index contributed by atoms with van der Waals surface area (Å²) in [5.74, 6) is -0.471. The van der Waals surface area contributed by atoms with Gasteiger partial charge in [-0.2, -0.15) is 0 Å². The Morgan fingerprint density at radius 3 is 2.89 bits per heavy atom. The molecule has 0 aliphatic heterocycles. The molecular weight excluding hydrogens is 232 g/mol. The van der Waals surface area contributed by atoms with Gasteiger partial charge in [-0.1, -0.05) is 0 Å². The van der Waals surface area contributed by atoms with E-state index in [1.807, 2.05) is 6.07 Å². The molecule has 88 valence electrons. The maximum absolute atomic E-state index is 10.8. The van der Waals surface area contributed by atoms with Gasteiger partial charge in [-0.05, 0) is 24.3 Å². The molecule has 0 aliphatic rings. The van der Waals surface area contributed by atoms with E-state index < -0.39 is 5.97 Å². The number of carboxylic acid groups (broad SMARTS) is 1. The summed E-state index contributed by atoms with van der Waals surface area (Å²) in [4.78, 5) is 19.1. The van der Waals surface area contributed by atoms with E-state index in [0.717, 1.165) is 5.56 Å². The Morgan fingerprint density at radius 2 is 2.17 bits per heavy atom. The highest BCUT2D eigenvalue weighted by Crippen LogP contribution is 2.14. The van der Waals surface area contributed by atoms with Gasteiger partial charge >= 0.3 is 5.97 Å². The summed E-state index contributed by atoms with van der Waals surface area (Å²) in [5, 5.41) is 13.1. The molecule has 3 aromatic heterocycles. The number of fused-ring (bicyclic) bond motifs is 1. The summed E-state index contributed by atoms with van der Waals surface area (Å²) in [5.41, 5.74) is 1.56. The molecular formula is C12H8N4O2. The van der Waals surface area contributed by atoms with Gasteiger partial charge in [0.05, 0.1) is 5.56 Å². The van der Waals surface area contributed by atoms with Crippen LogP contribution in [0.3, 0.4) is 0 Å². The van der Waals surface area contributed by atoms with Crippen molar-refractivity contribution in [3.05, 3.63) is 48.4 Å². The number of carbonyl (C=O) groups is 1. The Labute approximate surface area is 102 Å². The summed E-state index contributed by atoms with van der Waals surface area (Å²) in [6.45, 7) is 0. The number of carboxylic acids is 1. The fourth-order valence-electron chi connectivity index (χ4n) is 1.63. The first-order valence-electron chi connectivity index (χ1n) is 5.24. The van der Waals surface area contributed by atoms with Gasteiger partial charge in [0.15, 0.2) is 11.5 Å². The second-order valence-corrected chi connectivity index (χ2v) is 3.70. The molecule has 0 aliphatic carbocycles. The standard InChI is InChI=1S/C12H8N4O2/c17-12(18)9-3-4-10-14-11(15-16(10)7-9)8-2-1-5-13-6-8/h1-7H,(H,17,18). The predicted octanol–water partition coefficient (Wildman–Crippen LogP) is 1.49. The van der Waals surface area contributed by atoms with Crippen molar-refractivity contribution in [2.75, 3.05) is 0 Å². The molecule has 3 rings (SSSR count). The molecule has 0 radical (unpaired) electrons. The van der Waals surface area contributed by atoms with E-state index >= 15 is 0 Å². The number of aromatic carboxylic acids is 1. The highest BCUT2D eigenvalue weighted by molar-refractivity contribution is 5.87. The average Bonchev–Trinajstić information content (AvgIpc) is 2.82. The van der Waals surface area contributed by atoms with Crippen LogP contribution in [0.15, 0.2) is 42.9 Å². The van der Waals surface area contributed by atoms with Gasteiger partial charge in [0.25, 0.3) is 0 Å². The van der Waals surface area contributed by atoms with Gasteiger partial charge in [-0.15, -0.1) is 5.10 Å². The lowest BCUT2D eigenvalue weighted by Crippen LogP contribution is -1.99.